The minimum Gasteiger partial charge on any atom is -0.508 e. The molecule has 0 aliphatic carbocycles. The van der Waals surface area contributed by atoms with Crippen LogP contribution in [-0.2, 0) is 10.8 Å². The topological polar surface area (TPSA) is 60.7 Å². The van der Waals surface area contributed by atoms with Crippen LogP contribution in [0.3, 0.4) is 0 Å². The monoisotopic (exact) mass is 658 g/mol. The molecule has 0 aliphatic rings. The maximum atomic E-state index is 15.2. The van der Waals surface area contributed by atoms with E-state index in [-0.39, 0.29) is 54.6 Å². The average Bonchev–Trinajstić information content (AvgIpc) is 2.89. The number of phenolic OH excluding ortho intramolecular Hbond substituents is 3. The van der Waals surface area contributed by atoms with Crippen molar-refractivity contribution in [2.24, 2.45) is 0 Å². The minimum absolute atomic E-state index is 0.0267. The molecule has 0 heterocycles. The second-order valence-corrected chi connectivity index (χ2v) is 9.70. The Bertz CT molecular complexity index is 1620. The van der Waals surface area contributed by atoms with Crippen LogP contribution in [0.5, 0.6) is 17.2 Å². The van der Waals surface area contributed by atoms with Gasteiger partial charge in [-0.25, -0.2) is 17.6 Å². The highest BCUT2D eigenvalue weighted by Crippen LogP contribution is 2.58. The van der Waals surface area contributed by atoms with Crippen molar-refractivity contribution in [3.05, 3.63) is 124 Å². The van der Waals surface area contributed by atoms with Gasteiger partial charge in [0.25, 0.3) is 0 Å². The van der Waals surface area contributed by atoms with Crippen molar-refractivity contribution < 1.29 is 72.4 Å². The first-order valence-corrected chi connectivity index (χ1v) is 12.1. The van der Waals surface area contributed by atoms with Crippen LogP contribution in [0.25, 0.3) is 0 Å². The van der Waals surface area contributed by atoms with Crippen molar-refractivity contribution in [2.75, 3.05) is 0 Å². The Labute approximate surface area is 243 Å². The molecule has 4 aromatic rings. The van der Waals surface area contributed by atoms with Gasteiger partial charge in [-0.05, 0) is 64.2 Å². The second-order valence-electron chi connectivity index (χ2n) is 9.70. The highest BCUT2D eigenvalue weighted by molar-refractivity contribution is 5.56. The number of phenols is 3. The van der Waals surface area contributed by atoms with Crippen molar-refractivity contribution in [1.82, 2.24) is 0 Å². The molecule has 240 valence electrons. The number of hydrogen-bond donors (Lipinski definition) is 3. The Morgan fingerprint density at radius 3 is 1.11 bits per heavy atom. The fraction of sp³-hybridized carbons (Fsp3) is 0.172. The normalized spacial score (nSPS) is 13.3. The minimum atomic E-state index is -6.24. The summed E-state index contributed by atoms with van der Waals surface area (Å²) >= 11 is 0. The molecule has 45 heavy (non-hydrogen) atoms. The number of hydrogen-bond acceptors (Lipinski definition) is 3. The van der Waals surface area contributed by atoms with Gasteiger partial charge in [-0.1, -0.05) is 36.4 Å². The molecule has 0 fully saturated rings. The SMILES string of the molecule is Oc1cccc(C(c2ccc(C(c3cc(F)c(O)c(F)c3)(c3cc(F)c(O)c(F)c3)C(F)(F)F)cc2)(C(F)(F)F)C(F)(F)F)c1. The van der Waals surface area contributed by atoms with E-state index >= 15 is 13.2 Å². The van der Waals surface area contributed by atoms with Gasteiger partial charge in [0, 0.05) is 0 Å². The summed E-state index contributed by atoms with van der Waals surface area (Å²) in [5, 5.41) is 28.6. The molecular weight excluding hydrogens is 643 g/mol. The molecule has 4 rings (SSSR count). The standard InChI is InChI=1S/C29H15F13O3/c30-19-9-16(10-20(31)23(19)44)25(27(34,35)36,17-11-21(32)24(45)22(33)12-17)13-4-6-14(7-5-13)26(28(37,38)39,29(40,41)42)15-2-1-3-18(43)8-15/h1-12,43-45H. The lowest BCUT2D eigenvalue weighted by molar-refractivity contribution is -0.288. The average molecular weight is 658 g/mol. The summed E-state index contributed by atoms with van der Waals surface area (Å²) in [4.78, 5) is 0. The largest absolute Gasteiger partial charge is 0.508 e. The van der Waals surface area contributed by atoms with Gasteiger partial charge in [0.05, 0.1) is 0 Å². The van der Waals surface area contributed by atoms with Crippen LogP contribution in [0, 0.1) is 23.3 Å². The molecule has 0 unspecified atom stereocenters. The zero-order chi connectivity index (χ0) is 33.9. The Kier molecular flexibility index (Phi) is 7.96. The van der Waals surface area contributed by atoms with E-state index in [1.165, 1.54) is 0 Å². The van der Waals surface area contributed by atoms with Crippen LogP contribution in [0.4, 0.5) is 57.1 Å². The van der Waals surface area contributed by atoms with E-state index in [2.05, 4.69) is 0 Å². The third kappa shape index (κ3) is 5.05. The lowest BCUT2D eigenvalue weighted by atomic mass is 9.67. The maximum Gasteiger partial charge on any atom is 0.411 e. The van der Waals surface area contributed by atoms with Gasteiger partial charge < -0.3 is 15.3 Å². The van der Waals surface area contributed by atoms with Crippen LogP contribution in [0.15, 0.2) is 72.8 Å². The molecule has 0 aromatic heterocycles. The Morgan fingerprint density at radius 1 is 0.400 bits per heavy atom. The molecule has 16 heteroatoms. The van der Waals surface area contributed by atoms with Crippen LogP contribution in [-0.4, -0.2) is 33.8 Å². The molecule has 0 spiro atoms. The summed E-state index contributed by atoms with van der Waals surface area (Å²) in [6.07, 6.45) is -18.4. The fourth-order valence-corrected chi connectivity index (χ4v) is 5.25. The van der Waals surface area contributed by atoms with Crippen molar-refractivity contribution in [2.45, 2.75) is 29.4 Å². The van der Waals surface area contributed by atoms with Crippen LogP contribution in [0.2, 0.25) is 0 Å². The van der Waals surface area contributed by atoms with Crippen LogP contribution < -0.4 is 0 Å². The van der Waals surface area contributed by atoms with Crippen molar-refractivity contribution in [3.8, 4) is 17.2 Å². The molecule has 0 saturated carbocycles. The third-order valence-electron chi connectivity index (χ3n) is 7.21. The summed E-state index contributed by atoms with van der Waals surface area (Å²) in [5.41, 5.74) is -16.9. The van der Waals surface area contributed by atoms with E-state index < -0.39 is 97.7 Å². The highest BCUT2D eigenvalue weighted by atomic mass is 19.4. The molecule has 3 N–H and O–H groups in total. The lowest BCUT2D eigenvalue weighted by Crippen LogP contribution is -2.54. The Morgan fingerprint density at radius 2 is 0.778 bits per heavy atom. The van der Waals surface area contributed by atoms with Gasteiger partial charge in [0.15, 0.2) is 34.8 Å². The predicted octanol–water partition coefficient (Wildman–Crippen LogP) is 8.67. The summed E-state index contributed by atoms with van der Waals surface area (Å²) in [7, 11) is 0. The highest BCUT2D eigenvalue weighted by Gasteiger charge is 2.72. The summed E-state index contributed by atoms with van der Waals surface area (Å²) in [6, 6.07) is 1.58. The summed E-state index contributed by atoms with van der Waals surface area (Å²) in [5.74, 6) is -12.7. The van der Waals surface area contributed by atoms with E-state index in [1.807, 2.05) is 0 Å². The number of rotatable bonds is 5. The first kappa shape index (κ1) is 33.3. The zero-order valence-electron chi connectivity index (χ0n) is 21.7. The quantitative estimate of drug-likeness (QED) is 0.149. The molecule has 3 nitrogen and oxygen atoms in total. The number of benzene rings is 4. The molecule has 0 bridgehead atoms. The summed E-state index contributed by atoms with van der Waals surface area (Å²) in [6.45, 7) is 0. The number of halogens is 13. The van der Waals surface area contributed by atoms with Gasteiger partial charge in [0.2, 0.25) is 5.41 Å². The van der Waals surface area contributed by atoms with E-state index in [4.69, 9.17) is 0 Å². The van der Waals surface area contributed by atoms with Crippen molar-refractivity contribution in [1.29, 1.82) is 0 Å². The summed E-state index contributed by atoms with van der Waals surface area (Å²) < 4.78 is 190. The van der Waals surface area contributed by atoms with Crippen molar-refractivity contribution in [3.63, 3.8) is 0 Å². The molecule has 0 aliphatic heterocycles. The van der Waals surface area contributed by atoms with E-state index in [1.54, 1.807) is 0 Å². The van der Waals surface area contributed by atoms with E-state index in [0.29, 0.717) is 12.1 Å². The smallest absolute Gasteiger partial charge is 0.411 e. The van der Waals surface area contributed by atoms with Gasteiger partial charge in [-0.15, -0.1) is 0 Å². The number of aromatic hydroxyl groups is 3. The first-order chi connectivity index (χ1) is 20.6. The van der Waals surface area contributed by atoms with Gasteiger partial charge in [-0.2, -0.15) is 39.5 Å². The van der Waals surface area contributed by atoms with Gasteiger partial charge >= 0.3 is 18.5 Å². The van der Waals surface area contributed by atoms with Gasteiger partial charge in [0.1, 0.15) is 11.2 Å². The molecule has 4 aromatic carbocycles. The van der Waals surface area contributed by atoms with E-state index in [0.717, 1.165) is 6.07 Å². The Balaban J connectivity index is 2.16. The lowest BCUT2D eigenvalue weighted by Gasteiger charge is -2.40. The first-order valence-electron chi connectivity index (χ1n) is 12.1. The molecule has 0 atom stereocenters. The second kappa shape index (κ2) is 10.8. The molecule has 0 radical (unpaired) electrons. The zero-order valence-corrected chi connectivity index (χ0v) is 21.7. The van der Waals surface area contributed by atoms with Crippen LogP contribution in [0.1, 0.15) is 27.8 Å². The van der Waals surface area contributed by atoms with E-state index in [9.17, 15) is 59.2 Å². The molecule has 0 saturated heterocycles. The number of alkyl halides is 9. The molecular formula is C29H15F13O3. The van der Waals surface area contributed by atoms with Crippen molar-refractivity contribution >= 4 is 0 Å². The third-order valence-corrected chi connectivity index (χ3v) is 7.21. The maximum absolute atomic E-state index is 15.2. The van der Waals surface area contributed by atoms with Gasteiger partial charge in [-0.3, -0.25) is 0 Å². The Hall–Kier alpha value is -4.63. The predicted molar refractivity (Wildman–Crippen MR) is 129 cm³/mol. The molecule has 0 amide bonds. The van der Waals surface area contributed by atoms with Crippen LogP contribution >= 0.6 is 0 Å². The fourth-order valence-electron chi connectivity index (χ4n) is 5.25.